The number of hydrogen-bond acceptors (Lipinski definition) is 5. The smallest absolute Gasteiger partial charge is 0.362 e. The molecular weight excluding hydrogens is 382 g/mol. The van der Waals surface area contributed by atoms with Crippen molar-refractivity contribution in [3.63, 3.8) is 0 Å². The predicted octanol–water partition coefficient (Wildman–Crippen LogP) is 5.02. The first-order chi connectivity index (χ1) is 12.0. The number of rotatable bonds is 4. The van der Waals surface area contributed by atoms with Crippen LogP contribution < -0.4 is 5.32 Å². The third kappa shape index (κ3) is 5.10. The van der Waals surface area contributed by atoms with E-state index in [-0.39, 0.29) is 11.8 Å². The molecule has 0 radical (unpaired) electrons. The summed E-state index contributed by atoms with van der Waals surface area (Å²) in [5.41, 5.74) is -2.30. The zero-order valence-electron chi connectivity index (χ0n) is 13.4. The Hall–Kier alpha value is -2.30. The van der Waals surface area contributed by atoms with E-state index in [9.17, 15) is 26.3 Å². The Balaban J connectivity index is 2.32. The molecule has 1 aromatic carbocycles. The zero-order chi connectivity index (χ0) is 19.5. The zero-order valence-corrected chi connectivity index (χ0v) is 14.2. The first kappa shape index (κ1) is 20.0. The van der Waals surface area contributed by atoms with Gasteiger partial charge in [-0.25, -0.2) is 4.98 Å². The maximum Gasteiger partial charge on any atom is 0.416 e. The summed E-state index contributed by atoms with van der Waals surface area (Å²) in [6, 6.07) is 1.26. The molecule has 140 valence electrons. The molecule has 0 amide bonds. The third-order valence-electron chi connectivity index (χ3n) is 3.13. The number of alkyl halides is 6. The van der Waals surface area contributed by atoms with Crippen LogP contribution in [0.25, 0.3) is 6.08 Å². The minimum atomic E-state index is -4.90. The Bertz CT molecular complexity index is 785. The molecule has 2 rings (SSSR count). The van der Waals surface area contributed by atoms with Crippen LogP contribution in [0.15, 0.2) is 29.6 Å². The molecule has 0 fully saturated rings. The van der Waals surface area contributed by atoms with E-state index in [1.165, 1.54) is 24.0 Å². The van der Waals surface area contributed by atoms with Crippen molar-refractivity contribution in [3.8, 4) is 0 Å². The number of aromatic nitrogens is 3. The molecule has 0 unspecified atom stereocenters. The summed E-state index contributed by atoms with van der Waals surface area (Å²) in [5.74, 6) is 0. The number of nitrogens with zero attached hydrogens (tertiary/aromatic N) is 3. The summed E-state index contributed by atoms with van der Waals surface area (Å²) < 4.78 is 76.9. The summed E-state index contributed by atoms with van der Waals surface area (Å²) in [5, 5.41) is 10.4. The summed E-state index contributed by atoms with van der Waals surface area (Å²) in [6.45, 7) is 1.62. The van der Waals surface area contributed by atoms with Gasteiger partial charge < -0.3 is 5.32 Å². The monoisotopic (exact) mass is 394 g/mol. The van der Waals surface area contributed by atoms with E-state index >= 15 is 0 Å². The van der Waals surface area contributed by atoms with Crippen molar-refractivity contribution < 1.29 is 26.3 Å². The lowest BCUT2D eigenvalue weighted by atomic mass is 10.1. The molecule has 1 aromatic heterocycles. The van der Waals surface area contributed by atoms with Gasteiger partial charge in [-0.1, -0.05) is 11.8 Å². The molecule has 0 spiro atoms. The lowest BCUT2D eigenvalue weighted by molar-refractivity contribution is -0.143. The Morgan fingerprint density at radius 1 is 0.962 bits per heavy atom. The molecule has 11 heteroatoms. The molecule has 0 aliphatic carbocycles. The molecule has 1 heterocycles. The van der Waals surface area contributed by atoms with Crippen LogP contribution in [0.5, 0.6) is 0 Å². The second kappa shape index (κ2) is 7.52. The molecule has 0 aliphatic heterocycles. The van der Waals surface area contributed by atoms with Crippen LogP contribution >= 0.6 is 11.8 Å². The van der Waals surface area contributed by atoms with E-state index in [2.05, 4.69) is 20.5 Å². The first-order valence-electron chi connectivity index (χ1n) is 6.98. The molecule has 1 N–H and O–H groups in total. The van der Waals surface area contributed by atoms with E-state index < -0.39 is 23.5 Å². The Kier molecular flexibility index (Phi) is 5.79. The minimum Gasteiger partial charge on any atom is -0.362 e. The number of thioether (sulfide) groups is 1. The minimum absolute atomic E-state index is 0.0676. The van der Waals surface area contributed by atoms with E-state index in [1.807, 2.05) is 0 Å². The lowest BCUT2D eigenvalue weighted by Gasteiger charge is -2.14. The highest BCUT2D eigenvalue weighted by Gasteiger charge is 2.36. The van der Waals surface area contributed by atoms with Crippen molar-refractivity contribution in [2.24, 2.45) is 0 Å². The van der Waals surface area contributed by atoms with Crippen LogP contribution in [0.2, 0.25) is 0 Å². The second-order valence-electron chi connectivity index (χ2n) is 5.04. The Morgan fingerprint density at radius 3 is 2.04 bits per heavy atom. The Morgan fingerprint density at radius 2 is 1.54 bits per heavy atom. The topological polar surface area (TPSA) is 50.7 Å². The van der Waals surface area contributed by atoms with Crippen LogP contribution in [-0.2, 0) is 12.4 Å². The quantitative estimate of drug-likeness (QED) is 0.583. The van der Waals surface area contributed by atoms with E-state index in [1.54, 1.807) is 13.2 Å². The molecule has 4 nitrogen and oxygen atoms in total. The van der Waals surface area contributed by atoms with Gasteiger partial charge in [0.05, 0.1) is 22.5 Å². The van der Waals surface area contributed by atoms with Gasteiger partial charge in [-0.05, 0) is 37.5 Å². The number of nitrogens with one attached hydrogen (secondary N) is 1. The van der Waals surface area contributed by atoms with Gasteiger partial charge in [-0.3, -0.25) is 0 Å². The van der Waals surface area contributed by atoms with Crippen LogP contribution in [0.1, 0.15) is 22.5 Å². The number of halogens is 6. The highest BCUT2D eigenvalue weighted by atomic mass is 32.2. The molecule has 2 aromatic rings. The molecule has 26 heavy (non-hydrogen) atoms. The summed E-state index contributed by atoms with van der Waals surface area (Å²) in [7, 11) is 0. The molecule has 0 bridgehead atoms. The van der Waals surface area contributed by atoms with Gasteiger partial charge in [0.15, 0.2) is 0 Å². The van der Waals surface area contributed by atoms with Gasteiger partial charge >= 0.3 is 12.4 Å². The summed E-state index contributed by atoms with van der Waals surface area (Å²) in [4.78, 5) is 4.14. The average molecular weight is 394 g/mol. The molecular formula is C15H12F6N4S. The van der Waals surface area contributed by atoms with Crippen molar-refractivity contribution in [2.75, 3.05) is 11.6 Å². The van der Waals surface area contributed by atoms with Crippen molar-refractivity contribution in [2.45, 2.75) is 24.4 Å². The standard InChI is InChI=1S/C15H12F6N4S/c1-8-12(23-13(26-2)25-24-8)3-4-22-11-6-9(14(16,17)18)5-10(7-11)15(19,20)21/h3-7,22H,1-2H3. The highest BCUT2D eigenvalue weighted by Crippen LogP contribution is 2.37. The highest BCUT2D eigenvalue weighted by molar-refractivity contribution is 7.98. The lowest BCUT2D eigenvalue weighted by Crippen LogP contribution is -2.11. The normalized spacial score (nSPS) is 12.6. The van der Waals surface area contributed by atoms with Crippen LogP contribution in [0, 0.1) is 6.92 Å². The first-order valence-corrected chi connectivity index (χ1v) is 8.21. The number of hydrogen-bond donors (Lipinski definition) is 1. The third-order valence-corrected chi connectivity index (χ3v) is 3.67. The fraction of sp³-hybridized carbons (Fsp3) is 0.267. The fourth-order valence-corrected chi connectivity index (χ4v) is 2.19. The van der Waals surface area contributed by atoms with Crippen molar-refractivity contribution >= 4 is 23.5 Å². The van der Waals surface area contributed by atoms with E-state index in [4.69, 9.17) is 0 Å². The van der Waals surface area contributed by atoms with E-state index in [0.717, 1.165) is 0 Å². The second-order valence-corrected chi connectivity index (χ2v) is 5.81. The van der Waals surface area contributed by atoms with Gasteiger partial charge in [0.2, 0.25) is 5.16 Å². The molecule has 0 atom stereocenters. The van der Waals surface area contributed by atoms with Crippen molar-refractivity contribution in [3.05, 3.63) is 46.9 Å². The van der Waals surface area contributed by atoms with E-state index in [0.29, 0.717) is 28.7 Å². The summed E-state index contributed by atoms with van der Waals surface area (Å²) >= 11 is 1.24. The van der Waals surface area contributed by atoms with Gasteiger partial charge in [-0.2, -0.15) is 31.4 Å². The van der Waals surface area contributed by atoms with Crippen molar-refractivity contribution in [1.82, 2.24) is 15.2 Å². The number of anilines is 1. The van der Waals surface area contributed by atoms with Crippen LogP contribution in [-0.4, -0.2) is 21.4 Å². The van der Waals surface area contributed by atoms with Gasteiger partial charge in [0, 0.05) is 11.9 Å². The molecule has 0 aliphatic rings. The molecule has 0 saturated carbocycles. The maximum atomic E-state index is 12.8. The predicted molar refractivity (Wildman–Crippen MR) is 85.4 cm³/mol. The van der Waals surface area contributed by atoms with Crippen LogP contribution in [0.3, 0.4) is 0 Å². The van der Waals surface area contributed by atoms with Crippen molar-refractivity contribution in [1.29, 1.82) is 0 Å². The Labute approximate surface area is 148 Å². The fourth-order valence-electron chi connectivity index (χ4n) is 1.87. The largest absolute Gasteiger partial charge is 0.416 e. The number of benzene rings is 1. The molecule has 0 saturated heterocycles. The number of aryl methyl sites for hydroxylation is 1. The van der Waals surface area contributed by atoms with Gasteiger partial charge in [0.25, 0.3) is 0 Å². The summed E-state index contributed by atoms with van der Waals surface area (Å²) in [6.07, 6.45) is -5.49. The van der Waals surface area contributed by atoms with Crippen LogP contribution in [0.4, 0.5) is 32.0 Å². The van der Waals surface area contributed by atoms with Gasteiger partial charge in [-0.15, -0.1) is 5.10 Å². The SMILES string of the molecule is CSc1nnc(C)c(C=CNc2cc(C(F)(F)F)cc(C(F)(F)F)c2)n1. The van der Waals surface area contributed by atoms with Gasteiger partial charge in [0.1, 0.15) is 0 Å². The average Bonchev–Trinajstić information content (AvgIpc) is 2.54. The maximum absolute atomic E-state index is 12.8.